The van der Waals surface area contributed by atoms with E-state index in [1.54, 1.807) is 0 Å². The van der Waals surface area contributed by atoms with Crippen molar-refractivity contribution in [2.24, 2.45) is 0 Å². The van der Waals surface area contributed by atoms with Crippen LogP contribution in [0, 0.1) is 18.8 Å². The van der Waals surface area contributed by atoms with Crippen molar-refractivity contribution in [2.75, 3.05) is 9.80 Å². The molecule has 0 fully saturated rings. The minimum atomic E-state index is -3.11. The molecule has 5 heterocycles. The summed E-state index contributed by atoms with van der Waals surface area (Å²) < 4.78 is 9.28. The van der Waals surface area contributed by atoms with Crippen LogP contribution in [0.25, 0.3) is 106 Å². The number of nitrogens with zero attached hydrogens (tertiary/aromatic N) is 4. The Morgan fingerprint density at radius 2 is 0.813 bits per heavy atom. The van der Waals surface area contributed by atoms with Crippen molar-refractivity contribution in [3.63, 3.8) is 0 Å². The number of para-hydroxylation sites is 3. The topological polar surface area (TPSA) is 33.5 Å². The minimum Gasteiger partial charge on any atom is -0.509 e. The van der Waals surface area contributed by atoms with E-state index in [0.717, 1.165) is 117 Å². The molecule has 15 aromatic rings. The Bertz CT molecular complexity index is 5020. The summed E-state index contributed by atoms with van der Waals surface area (Å²) in [4.78, 5) is 9.73. The van der Waals surface area contributed by atoms with Crippen LogP contribution in [0.1, 0.15) is 0 Å². The van der Waals surface area contributed by atoms with Gasteiger partial charge in [-0.15, -0.1) is 41.5 Å². The third-order valence-corrected chi connectivity index (χ3v) is 23.4. The van der Waals surface area contributed by atoms with Crippen molar-refractivity contribution in [1.82, 2.24) is 9.55 Å². The van der Waals surface area contributed by atoms with Crippen LogP contribution in [0.2, 0.25) is 0 Å². The van der Waals surface area contributed by atoms with Crippen LogP contribution in [0.5, 0.6) is 11.5 Å². The molecule has 91 heavy (non-hydrogen) atoms. The molecule has 0 N–H and O–H groups in total. The van der Waals surface area contributed by atoms with Gasteiger partial charge in [0.15, 0.2) is 0 Å². The van der Waals surface area contributed by atoms with Gasteiger partial charge < -0.3 is 19.1 Å². The molecule has 0 unspecified atom stereocenters. The zero-order valence-corrected chi connectivity index (χ0v) is 52.4. The molecule has 3 aliphatic heterocycles. The van der Waals surface area contributed by atoms with Gasteiger partial charge in [-0.25, -0.2) is 4.98 Å². The van der Waals surface area contributed by atoms with E-state index in [0.29, 0.717) is 11.5 Å². The third kappa shape index (κ3) is 8.73. The predicted octanol–water partition coefficient (Wildman–Crippen LogP) is 18.7. The van der Waals surface area contributed by atoms with Gasteiger partial charge in [-0.3, -0.25) is 0 Å². The van der Waals surface area contributed by atoms with Crippen LogP contribution in [0.3, 0.4) is 0 Å². The molecule has 432 valence electrons. The Hall–Kier alpha value is -10.9. The van der Waals surface area contributed by atoms with E-state index in [9.17, 15) is 0 Å². The van der Waals surface area contributed by atoms with Crippen molar-refractivity contribution >= 4 is 73.4 Å². The van der Waals surface area contributed by atoms with E-state index in [1.165, 1.54) is 31.9 Å². The Morgan fingerprint density at radius 3 is 1.38 bits per heavy atom. The van der Waals surface area contributed by atoms with Crippen LogP contribution in [-0.2, 0) is 21.1 Å². The van der Waals surface area contributed by atoms with E-state index in [4.69, 9.17) is 9.72 Å². The first-order valence-electron chi connectivity index (χ1n) is 30.7. The second-order valence-electron chi connectivity index (χ2n) is 23.4. The first kappa shape index (κ1) is 54.3. The molecule has 0 saturated heterocycles. The summed E-state index contributed by atoms with van der Waals surface area (Å²) in [5, 5.41) is 7.54. The minimum absolute atomic E-state index is 0. The number of pyridine rings is 1. The van der Waals surface area contributed by atoms with Gasteiger partial charge in [0.05, 0.1) is 0 Å². The van der Waals surface area contributed by atoms with E-state index in [2.05, 4.69) is 318 Å². The fourth-order valence-corrected chi connectivity index (χ4v) is 20.1. The normalized spacial score (nSPS) is 13.0. The van der Waals surface area contributed by atoms with Crippen molar-refractivity contribution < 1.29 is 25.8 Å². The summed E-state index contributed by atoms with van der Waals surface area (Å²) in [7, 11) is -3.11. The molecule has 1 spiro atoms. The van der Waals surface area contributed by atoms with Crippen molar-refractivity contribution in [3.05, 3.63) is 334 Å². The number of hydrogen-bond acceptors (Lipinski definition) is 4. The van der Waals surface area contributed by atoms with E-state index in [1.807, 2.05) is 30.5 Å². The van der Waals surface area contributed by atoms with Gasteiger partial charge in [0.25, 0.3) is 0 Å². The van der Waals surface area contributed by atoms with Crippen molar-refractivity contribution in [1.29, 1.82) is 0 Å². The van der Waals surface area contributed by atoms with Gasteiger partial charge in [0, 0.05) is 72.5 Å². The number of fused-ring (bicyclic) bond motifs is 12. The third-order valence-electron chi connectivity index (χ3n) is 18.5. The van der Waals surface area contributed by atoms with Crippen molar-refractivity contribution in [3.8, 4) is 95.2 Å². The van der Waals surface area contributed by atoms with Crippen LogP contribution < -0.4 is 35.3 Å². The summed E-state index contributed by atoms with van der Waals surface area (Å²) in [6.07, 6.45) is 1.84. The molecule has 7 heteroatoms. The summed E-state index contributed by atoms with van der Waals surface area (Å²) in [5.41, 5.74) is 22.4. The molecular weight excluding hydrogens is 1300 g/mol. The maximum absolute atomic E-state index is 7.10. The molecular formula is C84H53N4OPtSi-3. The number of benzene rings is 13. The zero-order valence-electron chi connectivity index (χ0n) is 49.1. The maximum atomic E-state index is 7.10. The van der Waals surface area contributed by atoms with Crippen LogP contribution >= 0.6 is 0 Å². The van der Waals surface area contributed by atoms with Gasteiger partial charge >= 0.3 is 0 Å². The molecule has 13 aromatic carbocycles. The Labute approximate surface area is 544 Å². The second-order valence-corrected chi connectivity index (χ2v) is 27.1. The standard InChI is InChI=1S/C84H53N4OSi.Pt/c1-5-23-56(24-6-1)60-47-61(57-25-7-2-8-26-57)50-64(49-60)68-34-21-35-69(65-51-62(58-27-9-3-10-28-58)48-63(52-65)59-29-11-4-12-30-59)83(68)86-55-87-77-54-67(89-66-42-44-71-70-31-13-16-36-74(70)88(76(71)53-66)82-41-19-20-46-85-82)43-45-80(77)90(81-40-22-37-75(86)84(81)87)78-38-17-14-32-72(78)73-33-15-18-39-79(73)90;/h1-52,55H;/q-3;. The predicted molar refractivity (Wildman–Crippen MR) is 373 cm³/mol. The van der Waals surface area contributed by atoms with Crippen molar-refractivity contribution in [2.45, 2.75) is 0 Å². The van der Waals surface area contributed by atoms with Gasteiger partial charge in [-0.2, -0.15) is 12.1 Å². The van der Waals surface area contributed by atoms with E-state index in [-0.39, 0.29) is 21.1 Å². The largest absolute Gasteiger partial charge is 0.509 e. The van der Waals surface area contributed by atoms with Crippen LogP contribution in [0.15, 0.2) is 316 Å². The van der Waals surface area contributed by atoms with Crippen LogP contribution in [0.4, 0.5) is 22.7 Å². The fourth-order valence-electron chi connectivity index (χ4n) is 14.6. The number of anilines is 4. The van der Waals surface area contributed by atoms with Gasteiger partial charge in [-0.05, 0) is 148 Å². The Morgan fingerprint density at radius 1 is 0.341 bits per heavy atom. The molecule has 0 bridgehead atoms. The zero-order chi connectivity index (χ0) is 59.3. The molecule has 3 aliphatic rings. The van der Waals surface area contributed by atoms with Gasteiger partial charge in [-0.1, -0.05) is 236 Å². The van der Waals surface area contributed by atoms with E-state index >= 15 is 0 Å². The monoisotopic (exact) mass is 1360 g/mol. The molecule has 0 atom stereocenters. The summed E-state index contributed by atoms with van der Waals surface area (Å²) in [5.74, 6) is 2.00. The molecule has 0 radical (unpaired) electrons. The van der Waals surface area contributed by atoms with Gasteiger partial charge in [0.1, 0.15) is 13.9 Å². The summed E-state index contributed by atoms with van der Waals surface area (Å²) in [6, 6.07) is 121. The molecule has 18 rings (SSSR count). The average Bonchev–Trinajstić information content (AvgIpc) is 1.52. The summed E-state index contributed by atoms with van der Waals surface area (Å²) >= 11 is 0. The Balaban J connectivity index is 0.00000636. The van der Waals surface area contributed by atoms with Gasteiger partial charge in [0.2, 0.25) is 0 Å². The number of ether oxygens (including phenoxy) is 1. The molecule has 2 aromatic heterocycles. The second kappa shape index (κ2) is 22.0. The molecule has 0 saturated carbocycles. The number of aromatic nitrogens is 2. The average molecular weight is 1360 g/mol. The Kier molecular flexibility index (Phi) is 13.1. The number of hydrogen-bond donors (Lipinski definition) is 0. The first-order chi connectivity index (χ1) is 44.6. The van der Waals surface area contributed by atoms with E-state index < -0.39 is 8.07 Å². The van der Waals surface area contributed by atoms with Crippen LogP contribution in [-0.4, -0.2) is 17.6 Å². The number of rotatable bonds is 10. The first-order valence-corrected chi connectivity index (χ1v) is 32.7. The fraction of sp³-hybridized carbons (Fsp3) is 0. The smallest absolute Gasteiger partial charge is 0.135 e. The molecule has 5 nitrogen and oxygen atoms in total. The maximum Gasteiger partial charge on any atom is 0.135 e. The quantitative estimate of drug-likeness (QED) is 0.101. The molecule has 0 aliphatic carbocycles. The molecule has 0 amide bonds. The summed E-state index contributed by atoms with van der Waals surface area (Å²) in [6.45, 7) is 2.34. The SMILES string of the molecule is [Pt].[c-]1c(Oc2[c-]c3c(cc2)c2ccccc2n3-c2ccccn2)ccc2c1N1[CH-]N(c3c(-c4cc(-c5ccccc5)cc(-c5ccccc5)c4)cccc3-c3cc(-c4ccccc4)cc(-c4ccccc4)c3)c3cccc(c31)[Si]21c2ccccc2-c2ccccc21.